The fourth-order valence-electron chi connectivity index (χ4n) is 10.3. The van der Waals surface area contributed by atoms with Gasteiger partial charge in [0.1, 0.15) is 0 Å². The van der Waals surface area contributed by atoms with E-state index in [0.29, 0.717) is 0 Å². The summed E-state index contributed by atoms with van der Waals surface area (Å²) in [4.78, 5) is 0. The van der Waals surface area contributed by atoms with Crippen LogP contribution in [0.15, 0.2) is 218 Å². The number of hydrogen-bond acceptors (Lipinski definition) is 0. The molecule has 0 amide bonds. The summed E-state index contributed by atoms with van der Waals surface area (Å²) in [6.07, 6.45) is 0. The minimum absolute atomic E-state index is 0.765. The Morgan fingerprint density at radius 3 is 0.984 bits per heavy atom. The zero-order valence-corrected chi connectivity index (χ0v) is 34.9. The Kier molecular flexibility index (Phi) is 8.56. The second-order valence-electron chi connectivity index (χ2n) is 16.5. The molecule has 12 rings (SSSR count). The maximum atomic E-state index is 7.73. The van der Waals surface area contributed by atoms with Gasteiger partial charge in [-0.3, -0.25) is 0 Å². The van der Waals surface area contributed by atoms with Crippen molar-refractivity contribution in [1.29, 1.82) is 0 Å². The molecule has 0 saturated carbocycles. The van der Waals surface area contributed by atoms with Gasteiger partial charge in [0.25, 0.3) is 0 Å². The van der Waals surface area contributed by atoms with E-state index in [9.17, 15) is 0 Å². The van der Waals surface area contributed by atoms with Gasteiger partial charge in [-0.1, -0.05) is 236 Å². The second kappa shape index (κ2) is 14.6. The molecule has 0 spiro atoms. The van der Waals surface area contributed by atoms with E-state index in [2.05, 4.69) is 225 Å². The van der Waals surface area contributed by atoms with Gasteiger partial charge in [-0.15, -0.1) is 0 Å². The molecule has 62 heavy (non-hydrogen) atoms. The highest BCUT2D eigenvalue weighted by molar-refractivity contribution is 6.41. The van der Waals surface area contributed by atoms with Crippen molar-refractivity contribution >= 4 is 76.2 Å². The van der Waals surface area contributed by atoms with Crippen molar-refractivity contribution in [3.8, 4) is 55.6 Å². The Labute approximate surface area is 365 Å². The monoisotopic (exact) mass is 806 g/mol. The van der Waals surface area contributed by atoms with Crippen LogP contribution in [0.3, 0.4) is 0 Å². The van der Waals surface area contributed by atoms with Crippen LogP contribution < -0.4 is 0 Å². The molecule has 0 heterocycles. The minimum Gasteiger partial charge on any atom is -0.0830 e. The van der Waals surface area contributed by atoms with Crippen molar-refractivity contribution in [2.75, 3.05) is 0 Å². The van der Waals surface area contributed by atoms with Crippen LogP contribution in [0.25, 0.3) is 120 Å². The molecule has 0 fully saturated rings. The van der Waals surface area contributed by atoms with Crippen LogP contribution in [0.5, 0.6) is 0 Å². The van der Waals surface area contributed by atoms with Gasteiger partial charge in [0.05, 0.1) is 5.02 Å². The third-order valence-corrected chi connectivity index (χ3v) is 13.4. The summed E-state index contributed by atoms with van der Waals surface area (Å²) >= 11 is 7.73. The fraction of sp³-hybridized carbons (Fsp3) is 0.0164. The molecule has 0 aliphatic rings. The van der Waals surface area contributed by atoms with E-state index < -0.39 is 0 Å². The summed E-state index contributed by atoms with van der Waals surface area (Å²) in [5.74, 6) is 0. The normalized spacial score (nSPS) is 11.7. The molecule has 12 aromatic carbocycles. The van der Waals surface area contributed by atoms with E-state index in [0.717, 1.165) is 26.9 Å². The molecular formula is C61H39Cl. The largest absolute Gasteiger partial charge is 0.0830 e. The van der Waals surface area contributed by atoms with Crippen molar-refractivity contribution in [2.45, 2.75) is 6.92 Å². The van der Waals surface area contributed by atoms with Gasteiger partial charge in [0, 0.05) is 10.9 Å². The van der Waals surface area contributed by atoms with Gasteiger partial charge in [-0.25, -0.2) is 0 Å². The Hall–Kier alpha value is -7.51. The zero-order chi connectivity index (χ0) is 41.3. The van der Waals surface area contributed by atoms with Crippen LogP contribution in [0.4, 0.5) is 0 Å². The third kappa shape index (κ3) is 5.61. The molecule has 0 atom stereocenters. The van der Waals surface area contributed by atoms with Crippen molar-refractivity contribution < 1.29 is 0 Å². The summed E-state index contributed by atoms with van der Waals surface area (Å²) < 4.78 is 0. The summed E-state index contributed by atoms with van der Waals surface area (Å²) in [7, 11) is 0. The molecule has 0 aromatic heterocycles. The fourth-order valence-corrected chi connectivity index (χ4v) is 10.6. The van der Waals surface area contributed by atoms with Crippen LogP contribution in [0.1, 0.15) is 5.56 Å². The summed E-state index contributed by atoms with van der Waals surface area (Å²) in [5, 5.41) is 15.1. The van der Waals surface area contributed by atoms with Gasteiger partial charge < -0.3 is 0 Å². The molecule has 0 saturated heterocycles. The second-order valence-corrected chi connectivity index (χ2v) is 16.8. The van der Waals surface area contributed by atoms with Gasteiger partial charge in [0.2, 0.25) is 0 Å². The van der Waals surface area contributed by atoms with Gasteiger partial charge >= 0.3 is 0 Å². The number of hydrogen-bond donors (Lipinski definition) is 0. The maximum Gasteiger partial charge on any atom is 0.0563 e. The molecule has 0 aliphatic heterocycles. The van der Waals surface area contributed by atoms with Gasteiger partial charge in [-0.2, -0.15) is 0 Å². The Morgan fingerprint density at radius 2 is 0.532 bits per heavy atom. The number of halogens is 1. The Balaban J connectivity index is 1.14. The average Bonchev–Trinajstić information content (AvgIpc) is 3.33. The van der Waals surface area contributed by atoms with Crippen molar-refractivity contribution in [1.82, 2.24) is 0 Å². The first kappa shape index (κ1) is 36.4. The smallest absolute Gasteiger partial charge is 0.0563 e. The van der Waals surface area contributed by atoms with Crippen LogP contribution in [0.2, 0.25) is 5.02 Å². The first-order valence-corrected chi connectivity index (χ1v) is 21.8. The molecule has 1 heteroatoms. The van der Waals surface area contributed by atoms with E-state index >= 15 is 0 Å². The number of aryl methyl sites for hydroxylation is 1. The SMILES string of the molecule is Cc1ccc(-c2c(-c3c4ccccc4c(-c4ccccc4)c4ccccc34)ccc3c2ccc2c(Cl)c(-c4c5ccccc5c(-c5ccccc5)c5ccccc45)ccc23)cc1. The van der Waals surface area contributed by atoms with E-state index in [-0.39, 0.29) is 0 Å². The molecule has 0 nitrogen and oxygen atoms in total. The van der Waals surface area contributed by atoms with E-state index in [1.807, 2.05) is 0 Å². The highest BCUT2D eigenvalue weighted by Gasteiger charge is 2.23. The number of rotatable bonds is 5. The van der Waals surface area contributed by atoms with E-state index in [1.165, 1.54) is 104 Å². The Bertz CT molecular complexity index is 3620. The summed E-state index contributed by atoms with van der Waals surface area (Å²) in [6.45, 7) is 2.16. The number of benzene rings is 12. The predicted octanol–water partition coefficient (Wildman–Crippen LogP) is 17.9. The highest BCUT2D eigenvalue weighted by Crippen LogP contribution is 2.51. The summed E-state index contributed by atoms with van der Waals surface area (Å²) in [5.41, 5.74) is 13.3. The lowest BCUT2D eigenvalue weighted by Gasteiger charge is -2.22. The van der Waals surface area contributed by atoms with Crippen LogP contribution in [-0.2, 0) is 0 Å². The molecule has 12 aromatic rings. The third-order valence-electron chi connectivity index (χ3n) is 13.0. The lowest BCUT2D eigenvalue weighted by Crippen LogP contribution is -1.94. The molecule has 0 N–H and O–H groups in total. The lowest BCUT2D eigenvalue weighted by molar-refractivity contribution is 1.47. The van der Waals surface area contributed by atoms with Crippen molar-refractivity contribution in [3.63, 3.8) is 0 Å². The minimum atomic E-state index is 0.765. The van der Waals surface area contributed by atoms with Crippen LogP contribution in [0, 0.1) is 6.92 Å². The topological polar surface area (TPSA) is 0 Å². The van der Waals surface area contributed by atoms with Crippen LogP contribution in [-0.4, -0.2) is 0 Å². The van der Waals surface area contributed by atoms with E-state index in [1.54, 1.807) is 0 Å². The quantitative estimate of drug-likeness (QED) is 0.120. The van der Waals surface area contributed by atoms with Crippen molar-refractivity contribution in [3.05, 3.63) is 229 Å². The molecule has 0 bridgehead atoms. The predicted molar refractivity (Wildman–Crippen MR) is 268 cm³/mol. The standard InChI is InChI=1S/C61H39Cl/c1-38-28-30-41(31-29-38)58-52-34-35-53-43(33-37-55(61(53)62)60-50-26-14-10-22-46(50)57(40-18-6-3-7-19-40)47-23-11-15-27-51(47)60)42(52)32-36-54(58)59-48-24-12-8-20-44(48)56(39-16-4-2-5-17-39)45-21-9-13-25-49(45)59/h2-37H,1H3. The van der Waals surface area contributed by atoms with Gasteiger partial charge in [0.15, 0.2) is 0 Å². The van der Waals surface area contributed by atoms with Crippen molar-refractivity contribution in [2.24, 2.45) is 0 Å². The average molecular weight is 807 g/mol. The summed E-state index contributed by atoms with van der Waals surface area (Å²) in [6, 6.07) is 79.8. The maximum absolute atomic E-state index is 7.73. The molecular weight excluding hydrogens is 768 g/mol. The zero-order valence-electron chi connectivity index (χ0n) is 34.2. The number of fused-ring (bicyclic) bond motifs is 7. The molecule has 290 valence electrons. The lowest BCUT2D eigenvalue weighted by atomic mass is 9.81. The highest BCUT2D eigenvalue weighted by atomic mass is 35.5. The van der Waals surface area contributed by atoms with Crippen LogP contribution >= 0.6 is 11.6 Å². The first-order valence-electron chi connectivity index (χ1n) is 21.4. The van der Waals surface area contributed by atoms with Gasteiger partial charge in [-0.05, 0) is 116 Å². The Morgan fingerprint density at radius 1 is 0.226 bits per heavy atom. The van der Waals surface area contributed by atoms with E-state index in [4.69, 9.17) is 11.6 Å². The molecule has 0 radical (unpaired) electrons. The molecule has 0 unspecified atom stereocenters. The first-order chi connectivity index (χ1) is 30.6. The molecule has 0 aliphatic carbocycles.